The molecule has 2 heteroatoms. The Labute approximate surface area is 84.5 Å². The van der Waals surface area contributed by atoms with E-state index in [0.29, 0.717) is 18.2 Å². The van der Waals surface area contributed by atoms with Gasteiger partial charge < -0.3 is 4.74 Å². The van der Waals surface area contributed by atoms with Crippen LogP contribution < -0.4 is 0 Å². The summed E-state index contributed by atoms with van der Waals surface area (Å²) in [5, 5.41) is 0. The molecule has 2 nitrogen and oxygen atoms in total. The molecule has 2 heterocycles. The minimum atomic E-state index is 0.535. The molecule has 3 rings (SSSR count). The van der Waals surface area contributed by atoms with Crippen molar-refractivity contribution in [2.24, 2.45) is 0 Å². The monoisotopic (exact) mass is 189 g/mol. The van der Waals surface area contributed by atoms with Crippen molar-refractivity contribution in [1.82, 2.24) is 4.90 Å². The summed E-state index contributed by atoms with van der Waals surface area (Å²) in [7, 11) is 0. The maximum absolute atomic E-state index is 5.43. The van der Waals surface area contributed by atoms with Crippen LogP contribution in [0.3, 0.4) is 0 Å². The smallest absolute Gasteiger partial charge is 0.0981 e. The maximum Gasteiger partial charge on any atom is 0.0981 e. The fraction of sp³-hybridized carbons (Fsp3) is 0.500. The van der Waals surface area contributed by atoms with Gasteiger partial charge in [0.05, 0.1) is 12.2 Å². The lowest BCUT2D eigenvalue weighted by atomic mass is 10.1. The second kappa shape index (κ2) is 3.07. The summed E-state index contributed by atoms with van der Waals surface area (Å²) in [5.74, 6) is 0. The van der Waals surface area contributed by atoms with E-state index < -0.39 is 0 Å². The van der Waals surface area contributed by atoms with Gasteiger partial charge in [0, 0.05) is 19.1 Å². The molecule has 0 saturated carbocycles. The Morgan fingerprint density at radius 3 is 2.50 bits per heavy atom. The molecule has 1 aromatic rings. The van der Waals surface area contributed by atoms with E-state index in [1.807, 2.05) is 0 Å². The van der Waals surface area contributed by atoms with Gasteiger partial charge in [-0.25, -0.2) is 0 Å². The molecule has 2 fully saturated rings. The Morgan fingerprint density at radius 2 is 1.86 bits per heavy atom. The van der Waals surface area contributed by atoms with Crippen LogP contribution in [0.25, 0.3) is 0 Å². The highest BCUT2D eigenvalue weighted by Crippen LogP contribution is 2.35. The molecule has 1 aromatic carbocycles. The van der Waals surface area contributed by atoms with Crippen molar-refractivity contribution in [1.29, 1.82) is 0 Å². The highest BCUT2D eigenvalue weighted by Gasteiger charge is 2.48. The molecule has 14 heavy (non-hydrogen) atoms. The predicted octanol–water partition coefficient (Wildman–Crippen LogP) is 1.83. The molecule has 3 atom stereocenters. The summed E-state index contributed by atoms with van der Waals surface area (Å²) in [5.41, 5.74) is 1.41. The zero-order valence-corrected chi connectivity index (χ0v) is 8.39. The van der Waals surface area contributed by atoms with Crippen LogP contribution in [0.5, 0.6) is 0 Å². The summed E-state index contributed by atoms with van der Waals surface area (Å²) < 4.78 is 5.43. The highest BCUT2D eigenvalue weighted by molar-refractivity contribution is 5.19. The van der Waals surface area contributed by atoms with Gasteiger partial charge in [0.15, 0.2) is 0 Å². The van der Waals surface area contributed by atoms with Crippen LogP contribution in [0.15, 0.2) is 30.3 Å². The molecule has 0 spiro atoms. The van der Waals surface area contributed by atoms with Crippen LogP contribution in [0, 0.1) is 0 Å². The third-order valence-corrected chi connectivity index (χ3v) is 3.35. The van der Waals surface area contributed by atoms with E-state index in [2.05, 4.69) is 42.2 Å². The number of morpholine rings is 1. The second-order valence-electron chi connectivity index (χ2n) is 4.25. The minimum absolute atomic E-state index is 0.535. The lowest BCUT2D eigenvalue weighted by Gasteiger charge is -2.25. The molecule has 0 bridgehead atoms. The van der Waals surface area contributed by atoms with Gasteiger partial charge in [-0.3, -0.25) is 4.90 Å². The summed E-state index contributed by atoms with van der Waals surface area (Å²) in [4.78, 5) is 2.51. The van der Waals surface area contributed by atoms with Crippen molar-refractivity contribution in [3.8, 4) is 0 Å². The van der Waals surface area contributed by atoms with Gasteiger partial charge in [-0.2, -0.15) is 0 Å². The van der Waals surface area contributed by atoms with Crippen molar-refractivity contribution < 1.29 is 4.74 Å². The van der Waals surface area contributed by atoms with E-state index in [4.69, 9.17) is 4.74 Å². The Kier molecular flexibility index (Phi) is 1.85. The first-order chi connectivity index (χ1) is 6.84. The zero-order valence-electron chi connectivity index (χ0n) is 8.39. The number of rotatable bonds is 2. The molecule has 2 saturated heterocycles. The van der Waals surface area contributed by atoms with E-state index in [9.17, 15) is 0 Å². The molecule has 74 valence electrons. The Bertz CT molecular complexity index is 314. The standard InChI is InChI=1S/C12H15NO/c1-9(10-5-3-2-4-6-10)13-7-11-12(8-13)14-11/h2-6,9,11-12H,7-8H2,1H3/t9-,11?,12?/m1/s1. The molecule has 0 aliphatic carbocycles. The van der Waals surface area contributed by atoms with E-state index in [0.717, 1.165) is 13.1 Å². The second-order valence-corrected chi connectivity index (χ2v) is 4.25. The average Bonchev–Trinajstić information content (AvgIpc) is 2.86. The third kappa shape index (κ3) is 1.35. The summed E-state index contributed by atoms with van der Waals surface area (Å²) >= 11 is 0. The van der Waals surface area contributed by atoms with Gasteiger partial charge in [0.2, 0.25) is 0 Å². The SMILES string of the molecule is C[C@H](c1ccccc1)N1CC2OC2C1. The summed E-state index contributed by atoms with van der Waals surface area (Å²) in [6, 6.07) is 11.2. The highest BCUT2D eigenvalue weighted by atomic mass is 16.6. The van der Waals surface area contributed by atoms with Crippen LogP contribution in [0.4, 0.5) is 0 Å². The molecule has 2 aliphatic heterocycles. The maximum atomic E-state index is 5.43. The van der Waals surface area contributed by atoms with E-state index in [1.165, 1.54) is 5.56 Å². The third-order valence-electron chi connectivity index (χ3n) is 3.35. The molecule has 0 aromatic heterocycles. The van der Waals surface area contributed by atoms with Crippen molar-refractivity contribution in [2.45, 2.75) is 25.2 Å². The number of likely N-dealkylation sites (tertiary alicyclic amines) is 1. The Balaban J connectivity index is 1.73. The molecule has 0 amide bonds. The van der Waals surface area contributed by atoms with Crippen LogP contribution in [0.1, 0.15) is 18.5 Å². The lowest BCUT2D eigenvalue weighted by Crippen LogP contribution is -2.27. The number of nitrogens with zero attached hydrogens (tertiary/aromatic N) is 1. The topological polar surface area (TPSA) is 15.8 Å². The van der Waals surface area contributed by atoms with Crippen molar-refractivity contribution in [3.05, 3.63) is 35.9 Å². The number of benzene rings is 1. The first-order valence-corrected chi connectivity index (χ1v) is 5.29. The van der Waals surface area contributed by atoms with Gasteiger partial charge in [0.1, 0.15) is 0 Å². The molecule has 0 radical (unpaired) electrons. The Morgan fingerprint density at radius 1 is 1.21 bits per heavy atom. The van der Waals surface area contributed by atoms with Crippen LogP contribution >= 0.6 is 0 Å². The number of fused-ring (bicyclic) bond motifs is 1. The first-order valence-electron chi connectivity index (χ1n) is 5.29. The fourth-order valence-corrected chi connectivity index (χ4v) is 2.30. The Hall–Kier alpha value is -0.860. The molecule has 2 aliphatic rings. The average molecular weight is 189 g/mol. The van der Waals surface area contributed by atoms with E-state index in [1.54, 1.807) is 0 Å². The van der Waals surface area contributed by atoms with Gasteiger partial charge in [-0.05, 0) is 12.5 Å². The largest absolute Gasteiger partial charge is 0.367 e. The number of hydrogen-bond acceptors (Lipinski definition) is 2. The van der Waals surface area contributed by atoms with Crippen molar-refractivity contribution in [3.63, 3.8) is 0 Å². The van der Waals surface area contributed by atoms with Gasteiger partial charge >= 0.3 is 0 Å². The van der Waals surface area contributed by atoms with Crippen molar-refractivity contribution >= 4 is 0 Å². The molecule has 2 unspecified atom stereocenters. The quantitative estimate of drug-likeness (QED) is 0.660. The first kappa shape index (κ1) is 8.45. The molecular weight excluding hydrogens is 174 g/mol. The van der Waals surface area contributed by atoms with Gasteiger partial charge in [-0.15, -0.1) is 0 Å². The lowest BCUT2D eigenvalue weighted by molar-refractivity contribution is 0.165. The van der Waals surface area contributed by atoms with E-state index in [-0.39, 0.29) is 0 Å². The van der Waals surface area contributed by atoms with Crippen LogP contribution in [0.2, 0.25) is 0 Å². The predicted molar refractivity (Wildman–Crippen MR) is 55.1 cm³/mol. The summed E-state index contributed by atoms with van der Waals surface area (Å²) in [6.07, 6.45) is 1.09. The number of ether oxygens (including phenoxy) is 1. The summed E-state index contributed by atoms with van der Waals surface area (Å²) in [6.45, 7) is 4.50. The fourth-order valence-electron chi connectivity index (χ4n) is 2.30. The number of hydrogen-bond donors (Lipinski definition) is 0. The normalized spacial score (nSPS) is 32.6. The van der Waals surface area contributed by atoms with E-state index >= 15 is 0 Å². The zero-order chi connectivity index (χ0) is 9.54. The number of epoxide rings is 1. The minimum Gasteiger partial charge on any atom is -0.367 e. The van der Waals surface area contributed by atoms with Crippen molar-refractivity contribution in [2.75, 3.05) is 13.1 Å². The van der Waals surface area contributed by atoms with Crippen LogP contribution in [-0.4, -0.2) is 30.2 Å². The van der Waals surface area contributed by atoms with Gasteiger partial charge in [-0.1, -0.05) is 30.3 Å². The van der Waals surface area contributed by atoms with Gasteiger partial charge in [0.25, 0.3) is 0 Å². The van der Waals surface area contributed by atoms with Crippen LogP contribution in [-0.2, 0) is 4.74 Å². The molecular formula is C12H15NO. The molecule has 0 N–H and O–H groups in total.